The average molecular weight is 261 g/mol. The number of aliphatic hydroxyl groups excluding tert-OH is 1. The second-order valence-corrected chi connectivity index (χ2v) is 3.67. The van der Waals surface area contributed by atoms with Crippen molar-refractivity contribution in [2.45, 2.75) is 6.61 Å². The van der Waals surface area contributed by atoms with E-state index in [2.05, 4.69) is 32.8 Å². The fourth-order valence-electron chi connectivity index (χ4n) is 0.657. The van der Waals surface area contributed by atoms with Crippen molar-refractivity contribution in [1.82, 2.24) is 0 Å². The molecule has 1 nitrogen and oxygen atoms in total. The van der Waals surface area contributed by atoms with Crippen molar-refractivity contribution in [3.05, 3.63) is 27.3 Å². The van der Waals surface area contributed by atoms with Crippen molar-refractivity contribution in [2.24, 2.45) is 0 Å². The number of hydrogen-bond acceptors (Lipinski definition) is 1. The van der Waals surface area contributed by atoms with E-state index in [4.69, 9.17) is 5.11 Å². The highest BCUT2D eigenvalue weighted by Gasteiger charge is 1.94. The molecule has 1 N–H and O–H groups in total. The van der Waals surface area contributed by atoms with Crippen LogP contribution in [-0.4, -0.2) is 15.3 Å². The van der Waals surface area contributed by atoms with Crippen LogP contribution in [-0.2, 0) is 6.61 Å². The summed E-state index contributed by atoms with van der Waals surface area (Å²) in [5.74, 6) is 0. The predicted octanol–water partition coefficient (Wildman–Crippen LogP) is 0.577. The molecule has 0 fully saturated rings. The molecule has 0 aromatic heterocycles. The molecule has 0 saturated carbocycles. The molecule has 10 heavy (non-hydrogen) atoms. The number of rotatable bonds is 1. The molecule has 0 heterocycles. The Morgan fingerprint density at radius 1 is 1.50 bits per heavy atom. The second kappa shape index (κ2) is 3.50. The van der Waals surface area contributed by atoms with Gasteiger partial charge in [0.1, 0.15) is 0 Å². The van der Waals surface area contributed by atoms with E-state index in [0.717, 1.165) is 14.3 Å². The number of benzene rings is 1. The third-order valence-corrected chi connectivity index (χ3v) is 3.05. The van der Waals surface area contributed by atoms with Crippen molar-refractivity contribution >= 4 is 38.0 Å². The minimum absolute atomic E-state index is 0.114. The zero-order valence-electron chi connectivity index (χ0n) is 5.26. The third kappa shape index (κ3) is 1.80. The summed E-state index contributed by atoms with van der Waals surface area (Å²) < 4.78 is 1.13. The summed E-state index contributed by atoms with van der Waals surface area (Å²) in [6, 6.07) is 5.78. The zero-order valence-corrected chi connectivity index (χ0v) is 8.42. The first-order chi connectivity index (χ1) is 4.74. The van der Waals surface area contributed by atoms with Crippen LogP contribution < -0.4 is 5.19 Å². The number of hydrogen-bond donors (Lipinski definition) is 1. The molecular weight excluding hydrogens is 255 g/mol. The Morgan fingerprint density at radius 3 is 2.70 bits per heavy atom. The minimum atomic E-state index is 0.114. The van der Waals surface area contributed by atoms with Gasteiger partial charge in [0.2, 0.25) is 0 Å². The summed E-state index contributed by atoms with van der Waals surface area (Å²) >= 11 is 2.21. The van der Waals surface area contributed by atoms with Crippen molar-refractivity contribution in [3.63, 3.8) is 0 Å². The van der Waals surface area contributed by atoms with E-state index < -0.39 is 0 Å². The summed E-state index contributed by atoms with van der Waals surface area (Å²) in [6.07, 6.45) is 0. The lowest BCUT2D eigenvalue weighted by Crippen LogP contribution is -2.06. The molecule has 0 aliphatic carbocycles. The van der Waals surface area contributed by atoms with Crippen LogP contribution in [0.25, 0.3) is 0 Å². The summed E-state index contributed by atoms with van der Waals surface area (Å²) in [7, 11) is 3.42. The van der Waals surface area contributed by atoms with Gasteiger partial charge in [0.25, 0.3) is 0 Å². The van der Waals surface area contributed by atoms with Crippen molar-refractivity contribution in [3.8, 4) is 0 Å². The van der Waals surface area contributed by atoms with Gasteiger partial charge in [-0.2, -0.15) is 0 Å². The highest BCUT2D eigenvalue weighted by atomic mass is 127. The maximum atomic E-state index is 8.73. The van der Waals surface area contributed by atoms with Gasteiger partial charge < -0.3 is 5.11 Å². The Morgan fingerprint density at radius 2 is 2.20 bits per heavy atom. The van der Waals surface area contributed by atoms with Crippen LogP contribution >= 0.6 is 22.6 Å². The molecule has 3 radical (unpaired) electrons. The first-order valence-electron chi connectivity index (χ1n) is 2.85. The molecule has 0 spiro atoms. The first-order valence-corrected chi connectivity index (χ1v) is 4.43. The lowest BCUT2D eigenvalue weighted by atomic mass is 10.2. The quantitative estimate of drug-likeness (QED) is 0.579. The van der Waals surface area contributed by atoms with E-state index in [0.29, 0.717) is 0 Å². The Labute approximate surface area is 77.0 Å². The fraction of sp³-hybridized carbons (Fsp3) is 0.143. The summed E-state index contributed by atoms with van der Waals surface area (Å²) in [5.41, 5.74) is 0.950. The van der Waals surface area contributed by atoms with Crippen LogP contribution in [0.15, 0.2) is 18.2 Å². The van der Waals surface area contributed by atoms with Gasteiger partial charge in [0.15, 0.2) is 0 Å². The lowest BCUT2D eigenvalue weighted by molar-refractivity contribution is 0.282. The molecule has 0 aliphatic heterocycles. The predicted molar refractivity (Wildman–Crippen MR) is 50.5 cm³/mol. The standard InChI is InChI=1S/C7H6IOSi/c8-6-3-5(4-9)1-2-7(6)10/h1-3,9H,4H2. The highest BCUT2D eigenvalue weighted by molar-refractivity contribution is 14.1. The third-order valence-electron chi connectivity index (χ3n) is 1.22. The summed E-state index contributed by atoms with van der Waals surface area (Å²) in [4.78, 5) is 0. The SMILES string of the molecule is OCc1ccc([Si])c(I)c1. The molecule has 0 unspecified atom stereocenters. The smallest absolute Gasteiger partial charge is 0.0726 e. The summed E-state index contributed by atoms with van der Waals surface area (Å²) in [5, 5.41) is 9.80. The number of aliphatic hydroxyl groups is 1. The van der Waals surface area contributed by atoms with Gasteiger partial charge in [-0.1, -0.05) is 17.3 Å². The largest absolute Gasteiger partial charge is 0.392 e. The Bertz CT molecular complexity index is 237. The maximum absolute atomic E-state index is 8.73. The van der Waals surface area contributed by atoms with Crippen LogP contribution in [0.1, 0.15) is 5.56 Å². The van der Waals surface area contributed by atoms with Crippen LogP contribution in [0.2, 0.25) is 0 Å². The Kier molecular flexibility index (Phi) is 2.88. The molecule has 0 bridgehead atoms. The molecule has 51 valence electrons. The molecule has 0 amide bonds. The van der Waals surface area contributed by atoms with Crippen molar-refractivity contribution in [2.75, 3.05) is 0 Å². The Hall–Kier alpha value is 0.127. The first kappa shape index (κ1) is 8.23. The average Bonchev–Trinajstić information content (AvgIpc) is 1.95. The molecule has 1 aromatic rings. The van der Waals surface area contributed by atoms with E-state index >= 15 is 0 Å². The van der Waals surface area contributed by atoms with E-state index in [1.807, 2.05) is 18.2 Å². The van der Waals surface area contributed by atoms with E-state index in [-0.39, 0.29) is 6.61 Å². The van der Waals surface area contributed by atoms with Crippen LogP contribution in [0.4, 0.5) is 0 Å². The van der Waals surface area contributed by atoms with Crippen LogP contribution in [0, 0.1) is 3.57 Å². The molecule has 0 atom stereocenters. The fourth-order valence-corrected chi connectivity index (χ4v) is 1.39. The van der Waals surface area contributed by atoms with Gasteiger partial charge in [0, 0.05) is 3.57 Å². The molecular formula is C7H6IOSi. The topological polar surface area (TPSA) is 20.2 Å². The number of halogens is 1. The van der Waals surface area contributed by atoms with Crippen molar-refractivity contribution < 1.29 is 5.11 Å². The second-order valence-electron chi connectivity index (χ2n) is 1.97. The van der Waals surface area contributed by atoms with E-state index in [1.54, 1.807) is 0 Å². The van der Waals surface area contributed by atoms with Gasteiger partial charge >= 0.3 is 0 Å². The van der Waals surface area contributed by atoms with Gasteiger partial charge in [-0.05, 0) is 34.2 Å². The highest BCUT2D eigenvalue weighted by Crippen LogP contribution is 2.04. The maximum Gasteiger partial charge on any atom is 0.0726 e. The normalized spacial score (nSPS) is 9.90. The summed E-state index contributed by atoms with van der Waals surface area (Å²) in [6.45, 7) is 0.114. The van der Waals surface area contributed by atoms with Crippen LogP contribution in [0.3, 0.4) is 0 Å². The zero-order chi connectivity index (χ0) is 7.56. The lowest BCUT2D eigenvalue weighted by Gasteiger charge is -1.99. The van der Waals surface area contributed by atoms with Gasteiger partial charge in [0.05, 0.1) is 16.8 Å². The van der Waals surface area contributed by atoms with Gasteiger partial charge in [-0.15, -0.1) is 0 Å². The van der Waals surface area contributed by atoms with Gasteiger partial charge in [-0.25, -0.2) is 0 Å². The molecule has 0 saturated heterocycles. The van der Waals surface area contributed by atoms with E-state index in [1.165, 1.54) is 0 Å². The van der Waals surface area contributed by atoms with Gasteiger partial charge in [-0.3, -0.25) is 0 Å². The monoisotopic (exact) mass is 261 g/mol. The van der Waals surface area contributed by atoms with E-state index in [9.17, 15) is 0 Å². The molecule has 1 rings (SSSR count). The Balaban J connectivity index is 3.04. The van der Waals surface area contributed by atoms with Crippen molar-refractivity contribution in [1.29, 1.82) is 0 Å². The van der Waals surface area contributed by atoms with Crippen LogP contribution in [0.5, 0.6) is 0 Å². The molecule has 1 aromatic carbocycles. The molecule has 0 aliphatic rings. The minimum Gasteiger partial charge on any atom is -0.392 e. The molecule has 3 heteroatoms.